The first-order valence-electron chi connectivity index (χ1n) is 7.35. The summed E-state index contributed by atoms with van der Waals surface area (Å²) < 4.78 is 0. The van der Waals surface area contributed by atoms with Crippen molar-refractivity contribution >= 4 is 17.1 Å². The Kier molecular flexibility index (Phi) is 5.13. The number of hydrogen-bond acceptors (Lipinski definition) is 2. The number of unbranched alkanes of at least 4 members (excludes halogenated alkanes) is 1. The van der Waals surface area contributed by atoms with Gasteiger partial charge in [0.1, 0.15) is 0 Å². The third-order valence-corrected chi connectivity index (χ3v) is 4.68. The predicted octanol–water partition coefficient (Wildman–Crippen LogP) is 5.91. The van der Waals surface area contributed by atoms with Gasteiger partial charge in [-0.2, -0.15) is 0 Å². The van der Waals surface area contributed by atoms with E-state index in [1.165, 1.54) is 16.0 Å². The summed E-state index contributed by atoms with van der Waals surface area (Å²) in [5, 5.41) is 0. The normalized spacial score (nSPS) is 11.0. The van der Waals surface area contributed by atoms with Gasteiger partial charge in [-0.15, -0.1) is 11.3 Å². The van der Waals surface area contributed by atoms with Crippen molar-refractivity contribution < 1.29 is 4.79 Å². The van der Waals surface area contributed by atoms with Crippen LogP contribution in [0, 0.1) is 0 Å². The van der Waals surface area contributed by atoms with E-state index < -0.39 is 0 Å². The summed E-state index contributed by atoms with van der Waals surface area (Å²) in [6.45, 7) is 6.51. The zero-order chi connectivity index (χ0) is 14.5. The lowest BCUT2D eigenvalue weighted by molar-refractivity contribution is 0.0983. The predicted molar refractivity (Wildman–Crippen MR) is 87.7 cm³/mol. The molecule has 0 spiro atoms. The van der Waals surface area contributed by atoms with Crippen LogP contribution < -0.4 is 0 Å². The summed E-state index contributed by atoms with van der Waals surface area (Å²) in [5.74, 6) is 0.834. The first-order valence-corrected chi connectivity index (χ1v) is 8.16. The van der Waals surface area contributed by atoms with Gasteiger partial charge in [-0.25, -0.2) is 0 Å². The number of carbonyl (C=O) groups is 1. The Morgan fingerprint density at radius 2 is 1.80 bits per heavy atom. The van der Waals surface area contributed by atoms with Crippen LogP contribution >= 0.6 is 11.3 Å². The van der Waals surface area contributed by atoms with E-state index in [2.05, 4.69) is 51.1 Å². The number of benzene rings is 1. The maximum Gasteiger partial charge on any atom is 0.172 e. The summed E-state index contributed by atoms with van der Waals surface area (Å²) in [5.41, 5.74) is 2.55. The minimum Gasteiger partial charge on any atom is -0.293 e. The Morgan fingerprint density at radius 3 is 2.40 bits per heavy atom. The minimum absolute atomic E-state index is 0.280. The lowest BCUT2D eigenvalue weighted by atomic mass is 10.0. The molecule has 0 amide bonds. The Bertz CT molecular complexity index is 563. The van der Waals surface area contributed by atoms with E-state index in [0.717, 1.165) is 17.7 Å². The van der Waals surface area contributed by atoms with Crippen LogP contribution in [0.5, 0.6) is 0 Å². The van der Waals surface area contributed by atoms with Gasteiger partial charge < -0.3 is 0 Å². The molecular weight excluding hydrogens is 264 g/mol. The van der Waals surface area contributed by atoms with Crippen LogP contribution in [0.25, 0.3) is 10.4 Å². The van der Waals surface area contributed by atoms with E-state index in [-0.39, 0.29) is 5.78 Å². The van der Waals surface area contributed by atoms with Crippen molar-refractivity contribution in [3.05, 3.63) is 46.8 Å². The molecule has 0 saturated heterocycles. The maximum absolute atomic E-state index is 12.0. The number of Topliss-reactive ketones (excluding diaryl/α,β-unsaturated/α-hetero) is 1. The van der Waals surface area contributed by atoms with Crippen LogP contribution in [0.3, 0.4) is 0 Å². The molecule has 20 heavy (non-hydrogen) atoms. The molecule has 0 bridgehead atoms. The fourth-order valence-electron chi connectivity index (χ4n) is 2.14. The molecule has 0 aliphatic carbocycles. The van der Waals surface area contributed by atoms with Gasteiger partial charge in [0.2, 0.25) is 0 Å². The van der Waals surface area contributed by atoms with Crippen molar-refractivity contribution in [1.29, 1.82) is 0 Å². The monoisotopic (exact) mass is 286 g/mol. The summed E-state index contributed by atoms with van der Waals surface area (Å²) in [7, 11) is 0. The fourth-order valence-corrected chi connectivity index (χ4v) is 3.11. The average Bonchev–Trinajstić information content (AvgIpc) is 2.94. The number of rotatable bonds is 6. The van der Waals surface area contributed by atoms with E-state index in [9.17, 15) is 4.79 Å². The second kappa shape index (κ2) is 6.85. The molecule has 2 heteroatoms. The average molecular weight is 286 g/mol. The van der Waals surface area contributed by atoms with Gasteiger partial charge in [-0.1, -0.05) is 51.5 Å². The summed E-state index contributed by atoms with van der Waals surface area (Å²) in [6, 6.07) is 12.7. The SMILES string of the molecule is CCCCC(=O)c1ccc(-c2ccc(C(C)C)cc2)s1. The Balaban J connectivity index is 2.14. The van der Waals surface area contributed by atoms with Crippen molar-refractivity contribution in [1.82, 2.24) is 0 Å². The molecule has 2 rings (SSSR count). The Labute approximate surface area is 125 Å². The van der Waals surface area contributed by atoms with Crippen LogP contribution in [0.2, 0.25) is 0 Å². The van der Waals surface area contributed by atoms with E-state index in [1.54, 1.807) is 11.3 Å². The van der Waals surface area contributed by atoms with Crippen LogP contribution in [-0.2, 0) is 0 Å². The Morgan fingerprint density at radius 1 is 1.10 bits per heavy atom. The molecule has 0 radical (unpaired) electrons. The van der Waals surface area contributed by atoms with Crippen LogP contribution in [0.1, 0.15) is 61.2 Å². The van der Waals surface area contributed by atoms with E-state index in [4.69, 9.17) is 0 Å². The van der Waals surface area contributed by atoms with E-state index >= 15 is 0 Å². The van der Waals surface area contributed by atoms with Crippen molar-refractivity contribution in [2.75, 3.05) is 0 Å². The molecule has 1 aromatic heterocycles. The van der Waals surface area contributed by atoms with E-state index in [0.29, 0.717) is 12.3 Å². The third kappa shape index (κ3) is 3.57. The molecule has 0 saturated carbocycles. The van der Waals surface area contributed by atoms with Crippen LogP contribution in [0.4, 0.5) is 0 Å². The van der Waals surface area contributed by atoms with Crippen LogP contribution in [0.15, 0.2) is 36.4 Å². The summed E-state index contributed by atoms with van der Waals surface area (Å²) in [6.07, 6.45) is 2.72. The second-order valence-corrected chi connectivity index (χ2v) is 6.55. The van der Waals surface area contributed by atoms with Gasteiger partial charge in [0.05, 0.1) is 4.88 Å². The molecule has 0 unspecified atom stereocenters. The summed E-state index contributed by atoms with van der Waals surface area (Å²) in [4.78, 5) is 14.1. The lowest BCUT2D eigenvalue weighted by Gasteiger charge is -2.05. The number of carbonyl (C=O) groups excluding carboxylic acids is 1. The molecule has 1 heterocycles. The largest absolute Gasteiger partial charge is 0.293 e. The molecule has 2 aromatic rings. The number of thiophene rings is 1. The van der Waals surface area contributed by atoms with Crippen LogP contribution in [-0.4, -0.2) is 5.78 Å². The number of ketones is 1. The molecule has 106 valence electrons. The zero-order valence-corrected chi connectivity index (χ0v) is 13.3. The summed E-state index contributed by atoms with van der Waals surface area (Å²) >= 11 is 1.61. The number of hydrogen-bond donors (Lipinski definition) is 0. The van der Waals surface area contributed by atoms with Crippen molar-refractivity contribution in [2.45, 2.75) is 46.0 Å². The Hall–Kier alpha value is -1.41. The standard InChI is InChI=1S/C18H22OS/c1-4-5-6-16(19)18-12-11-17(20-18)15-9-7-14(8-10-15)13(2)3/h7-13H,4-6H2,1-3H3. The van der Waals surface area contributed by atoms with Crippen molar-refractivity contribution in [3.8, 4) is 10.4 Å². The van der Waals surface area contributed by atoms with Crippen molar-refractivity contribution in [3.63, 3.8) is 0 Å². The topological polar surface area (TPSA) is 17.1 Å². The molecule has 1 aromatic carbocycles. The van der Waals surface area contributed by atoms with Gasteiger partial charge in [-0.05, 0) is 35.6 Å². The first kappa shape index (κ1) is 15.0. The van der Waals surface area contributed by atoms with Gasteiger partial charge in [0, 0.05) is 11.3 Å². The molecule has 0 aliphatic rings. The lowest BCUT2D eigenvalue weighted by Crippen LogP contribution is -1.94. The second-order valence-electron chi connectivity index (χ2n) is 5.47. The van der Waals surface area contributed by atoms with Gasteiger partial charge >= 0.3 is 0 Å². The molecule has 0 fully saturated rings. The maximum atomic E-state index is 12.0. The van der Waals surface area contributed by atoms with Crippen molar-refractivity contribution in [2.24, 2.45) is 0 Å². The zero-order valence-electron chi connectivity index (χ0n) is 12.5. The molecular formula is C18H22OS. The highest BCUT2D eigenvalue weighted by atomic mass is 32.1. The highest BCUT2D eigenvalue weighted by Crippen LogP contribution is 2.30. The van der Waals surface area contributed by atoms with Gasteiger partial charge in [0.25, 0.3) is 0 Å². The molecule has 0 aliphatic heterocycles. The molecule has 0 atom stereocenters. The van der Waals surface area contributed by atoms with Gasteiger partial charge in [0.15, 0.2) is 5.78 Å². The molecule has 1 nitrogen and oxygen atoms in total. The minimum atomic E-state index is 0.280. The van der Waals surface area contributed by atoms with E-state index in [1.807, 2.05) is 6.07 Å². The highest BCUT2D eigenvalue weighted by Gasteiger charge is 2.10. The smallest absolute Gasteiger partial charge is 0.172 e. The quantitative estimate of drug-likeness (QED) is 0.603. The first-order chi connectivity index (χ1) is 9.61. The van der Waals surface area contributed by atoms with Gasteiger partial charge in [-0.3, -0.25) is 4.79 Å². The highest BCUT2D eigenvalue weighted by molar-refractivity contribution is 7.17. The third-order valence-electron chi connectivity index (χ3n) is 3.50. The fraction of sp³-hybridized carbons (Fsp3) is 0.389. The molecule has 0 N–H and O–H groups in total.